The minimum absolute atomic E-state index is 0.0704. The van der Waals surface area contributed by atoms with E-state index in [1.165, 1.54) is 12.1 Å². The van der Waals surface area contributed by atoms with Gasteiger partial charge in [0.25, 0.3) is 11.6 Å². The highest BCUT2D eigenvalue weighted by Gasteiger charge is 2.31. The summed E-state index contributed by atoms with van der Waals surface area (Å²) >= 11 is 5.75. The molecule has 0 fully saturated rings. The second-order valence-electron chi connectivity index (χ2n) is 6.68. The second-order valence-corrected chi connectivity index (χ2v) is 7.09. The fourth-order valence-electron chi connectivity index (χ4n) is 3.37. The molecule has 0 saturated heterocycles. The summed E-state index contributed by atoms with van der Waals surface area (Å²) in [6.07, 6.45) is 1.84. The molecule has 2 aromatic carbocycles. The molecule has 2 heterocycles. The van der Waals surface area contributed by atoms with Crippen molar-refractivity contribution >= 4 is 46.2 Å². The summed E-state index contributed by atoms with van der Waals surface area (Å²) in [5.74, 6) is -0.930. The molecule has 12 nitrogen and oxygen atoms in total. The van der Waals surface area contributed by atoms with Gasteiger partial charge in [-0.3, -0.25) is 35.9 Å². The van der Waals surface area contributed by atoms with Gasteiger partial charge >= 0.3 is 5.69 Å². The first-order valence-electron chi connectivity index (χ1n) is 9.22. The number of aromatic nitrogens is 2. The number of rotatable bonds is 6. The van der Waals surface area contributed by atoms with E-state index in [1.54, 1.807) is 4.90 Å². The first-order valence-corrected chi connectivity index (χ1v) is 9.59. The molecule has 1 aliphatic rings. The Balaban J connectivity index is 1.61. The number of nitro groups is 2. The molecule has 32 heavy (non-hydrogen) atoms. The Bertz CT molecular complexity index is 1250. The minimum atomic E-state index is -0.772. The fourth-order valence-corrected chi connectivity index (χ4v) is 3.55. The number of hydrogen-bond acceptors (Lipinski definition) is 9. The number of anilines is 3. The Hall–Kier alpha value is -4.32. The Kier molecular flexibility index (Phi) is 5.52. The van der Waals surface area contributed by atoms with Crippen LogP contribution in [0.3, 0.4) is 0 Å². The quantitative estimate of drug-likeness (QED) is 0.419. The summed E-state index contributed by atoms with van der Waals surface area (Å²) in [5.41, 5.74) is 5.59. The second kappa shape index (κ2) is 8.43. The zero-order chi connectivity index (χ0) is 22.8. The van der Waals surface area contributed by atoms with Gasteiger partial charge in [-0.15, -0.1) is 0 Å². The molecular weight excluding hydrogens is 442 g/mol. The van der Waals surface area contributed by atoms with Crippen LogP contribution in [0.4, 0.5) is 28.7 Å². The van der Waals surface area contributed by atoms with Crippen molar-refractivity contribution in [3.63, 3.8) is 0 Å². The van der Waals surface area contributed by atoms with Crippen molar-refractivity contribution in [2.75, 3.05) is 16.9 Å². The molecule has 0 unspecified atom stereocenters. The number of nitrogens with zero attached hydrogens (tertiary/aromatic N) is 5. The van der Waals surface area contributed by atoms with Crippen LogP contribution in [0.2, 0.25) is 5.02 Å². The molecule has 2 N–H and O–H groups in total. The zero-order valence-corrected chi connectivity index (χ0v) is 16.9. The SMILES string of the molecule is O=C(NNc1ncnc(N2CCc3ccccc32)c1[N+](=O)[O-])c1ccc(Cl)c([N+](=O)[O-])c1. The molecule has 0 bridgehead atoms. The lowest BCUT2D eigenvalue weighted by molar-refractivity contribution is -0.384. The van der Waals surface area contributed by atoms with E-state index in [9.17, 15) is 25.0 Å². The summed E-state index contributed by atoms with van der Waals surface area (Å²) in [4.78, 5) is 43.6. The summed E-state index contributed by atoms with van der Waals surface area (Å²) in [6, 6.07) is 11.0. The first-order chi connectivity index (χ1) is 15.4. The van der Waals surface area contributed by atoms with Crippen molar-refractivity contribution in [3.8, 4) is 0 Å². The maximum absolute atomic E-state index is 12.4. The maximum atomic E-state index is 12.4. The van der Waals surface area contributed by atoms with Gasteiger partial charge in [0.15, 0.2) is 0 Å². The topological polar surface area (TPSA) is 156 Å². The number of hydrogen-bond donors (Lipinski definition) is 2. The molecule has 0 spiro atoms. The number of nitro benzene ring substituents is 1. The van der Waals surface area contributed by atoms with Crippen LogP contribution in [0, 0.1) is 20.2 Å². The van der Waals surface area contributed by atoms with Gasteiger partial charge in [0.1, 0.15) is 11.3 Å². The zero-order valence-electron chi connectivity index (χ0n) is 16.2. The van der Waals surface area contributed by atoms with Gasteiger partial charge in [0.05, 0.1) is 9.85 Å². The van der Waals surface area contributed by atoms with E-state index in [-0.39, 0.29) is 22.2 Å². The Labute approximate surface area is 185 Å². The van der Waals surface area contributed by atoms with Crippen LogP contribution in [0.1, 0.15) is 15.9 Å². The van der Waals surface area contributed by atoms with E-state index in [0.29, 0.717) is 13.0 Å². The number of carbonyl (C=O) groups is 1. The molecule has 3 aromatic rings. The molecule has 1 aromatic heterocycles. The summed E-state index contributed by atoms with van der Waals surface area (Å²) in [5, 5.41) is 22.7. The van der Waals surface area contributed by atoms with Crippen LogP contribution in [0.15, 0.2) is 48.8 Å². The van der Waals surface area contributed by atoms with Gasteiger partial charge in [-0.05, 0) is 30.2 Å². The maximum Gasteiger partial charge on any atom is 0.355 e. The van der Waals surface area contributed by atoms with Gasteiger partial charge in [0, 0.05) is 23.9 Å². The van der Waals surface area contributed by atoms with E-state index < -0.39 is 27.1 Å². The molecule has 4 rings (SSSR count). The number of benzene rings is 2. The van der Waals surface area contributed by atoms with E-state index in [0.717, 1.165) is 23.6 Å². The molecule has 1 aliphatic heterocycles. The van der Waals surface area contributed by atoms with E-state index in [2.05, 4.69) is 20.8 Å². The smallest absolute Gasteiger partial charge is 0.320 e. The number of amides is 1. The van der Waals surface area contributed by atoms with Gasteiger partial charge in [-0.1, -0.05) is 29.8 Å². The average molecular weight is 456 g/mol. The third-order valence-electron chi connectivity index (χ3n) is 4.83. The lowest BCUT2D eigenvalue weighted by Gasteiger charge is -2.19. The van der Waals surface area contributed by atoms with Crippen LogP contribution < -0.4 is 15.8 Å². The molecule has 1 amide bonds. The summed E-state index contributed by atoms with van der Waals surface area (Å²) < 4.78 is 0. The van der Waals surface area contributed by atoms with E-state index >= 15 is 0 Å². The van der Waals surface area contributed by atoms with E-state index in [1.807, 2.05) is 24.3 Å². The molecule has 0 atom stereocenters. The monoisotopic (exact) mass is 455 g/mol. The number of fused-ring (bicyclic) bond motifs is 1. The Morgan fingerprint density at radius 2 is 1.88 bits per heavy atom. The lowest BCUT2D eigenvalue weighted by atomic mass is 10.2. The number of halogens is 1. The average Bonchev–Trinajstić information content (AvgIpc) is 3.21. The highest BCUT2D eigenvalue weighted by molar-refractivity contribution is 6.32. The summed E-state index contributed by atoms with van der Waals surface area (Å²) in [6.45, 7) is 0.497. The van der Waals surface area contributed by atoms with E-state index in [4.69, 9.17) is 11.6 Å². The van der Waals surface area contributed by atoms with Crippen molar-refractivity contribution in [2.45, 2.75) is 6.42 Å². The predicted octanol–water partition coefficient (Wildman–Crippen LogP) is 3.40. The lowest BCUT2D eigenvalue weighted by Crippen LogP contribution is -2.30. The third-order valence-corrected chi connectivity index (χ3v) is 5.15. The number of para-hydroxylation sites is 1. The van der Waals surface area contributed by atoms with Gasteiger partial charge in [-0.25, -0.2) is 9.97 Å². The van der Waals surface area contributed by atoms with Crippen LogP contribution >= 0.6 is 11.6 Å². The van der Waals surface area contributed by atoms with Crippen LogP contribution in [-0.2, 0) is 6.42 Å². The van der Waals surface area contributed by atoms with Crippen molar-refractivity contribution in [3.05, 3.63) is 85.2 Å². The number of hydrazine groups is 1. The normalized spacial score (nSPS) is 12.2. The predicted molar refractivity (Wildman–Crippen MR) is 115 cm³/mol. The molecule has 162 valence electrons. The van der Waals surface area contributed by atoms with Crippen molar-refractivity contribution in [2.24, 2.45) is 0 Å². The van der Waals surface area contributed by atoms with Crippen LogP contribution in [0.5, 0.6) is 0 Å². The van der Waals surface area contributed by atoms with Gasteiger partial charge in [0.2, 0.25) is 11.6 Å². The van der Waals surface area contributed by atoms with Crippen molar-refractivity contribution in [1.82, 2.24) is 15.4 Å². The van der Waals surface area contributed by atoms with Crippen molar-refractivity contribution in [1.29, 1.82) is 0 Å². The standard InChI is InChI=1S/C19H14ClN7O5/c20-13-6-5-12(9-15(13)26(29)30)19(28)24-23-17-16(27(31)32)18(22-10-21-17)25-8-7-11-3-1-2-4-14(11)25/h1-6,9-10H,7-8H2,(H,24,28)(H,21,22,23). The minimum Gasteiger partial charge on any atom is -0.320 e. The molecule has 0 saturated carbocycles. The van der Waals surface area contributed by atoms with Gasteiger partial charge < -0.3 is 4.90 Å². The molecule has 13 heteroatoms. The molecule has 0 radical (unpaired) electrons. The first kappa shape index (κ1) is 20.9. The molecular formula is C19H14ClN7O5. The van der Waals surface area contributed by atoms with Crippen molar-refractivity contribution < 1.29 is 14.6 Å². The third kappa shape index (κ3) is 3.86. The van der Waals surface area contributed by atoms with Gasteiger partial charge in [-0.2, -0.15) is 0 Å². The highest BCUT2D eigenvalue weighted by Crippen LogP contribution is 2.39. The number of nitrogens with one attached hydrogen (secondary N) is 2. The Morgan fingerprint density at radius 3 is 2.62 bits per heavy atom. The highest BCUT2D eigenvalue weighted by atomic mass is 35.5. The van der Waals surface area contributed by atoms with Crippen LogP contribution in [0.25, 0.3) is 0 Å². The summed E-state index contributed by atoms with van der Waals surface area (Å²) in [7, 11) is 0. The Morgan fingerprint density at radius 1 is 1.09 bits per heavy atom. The fraction of sp³-hybridized carbons (Fsp3) is 0.105. The largest absolute Gasteiger partial charge is 0.355 e. The number of carbonyl (C=O) groups excluding carboxylic acids is 1. The molecule has 0 aliphatic carbocycles. The van der Waals surface area contributed by atoms with Crippen LogP contribution in [-0.4, -0.2) is 32.3 Å².